The molecule has 5 nitrogen and oxygen atoms in total. The molecule has 0 unspecified atom stereocenters. The van der Waals surface area contributed by atoms with Crippen molar-refractivity contribution >= 4 is 17.5 Å². The van der Waals surface area contributed by atoms with E-state index >= 15 is 0 Å². The predicted octanol–water partition coefficient (Wildman–Crippen LogP) is 3.22. The minimum atomic E-state index is -0.167. The lowest BCUT2D eigenvalue weighted by Crippen LogP contribution is -2.39. The normalized spacial score (nSPS) is 15.2. The van der Waals surface area contributed by atoms with Crippen molar-refractivity contribution in [1.29, 1.82) is 0 Å². The Morgan fingerprint density at radius 1 is 1.07 bits per heavy atom. The number of nitrogens with zero attached hydrogens (tertiary/aromatic N) is 1. The number of benzene rings is 2. The number of hydrogen-bond acceptors (Lipinski definition) is 3. The molecule has 0 atom stereocenters. The van der Waals surface area contributed by atoms with Crippen molar-refractivity contribution in [2.45, 2.75) is 39.5 Å². The van der Waals surface area contributed by atoms with Crippen LogP contribution in [0.1, 0.15) is 35.1 Å². The molecule has 1 aliphatic heterocycles. The van der Waals surface area contributed by atoms with Gasteiger partial charge in [0.15, 0.2) is 0 Å². The highest BCUT2D eigenvalue weighted by atomic mass is 16.2. The summed E-state index contributed by atoms with van der Waals surface area (Å²) in [5.74, 6) is -0.124. The van der Waals surface area contributed by atoms with Gasteiger partial charge in [0.25, 0.3) is 0 Å². The summed E-state index contributed by atoms with van der Waals surface area (Å²) in [6.07, 6.45) is 3.07. The van der Waals surface area contributed by atoms with Crippen LogP contribution in [0.4, 0.5) is 5.69 Å². The summed E-state index contributed by atoms with van der Waals surface area (Å²) in [6.45, 7) is 6.91. The molecule has 0 aliphatic carbocycles. The molecule has 2 aromatic carbocycles. The minimum Gasteiger partial charge on any atom is -0.369 e. The van der Waals surface area contributed by atoms with Gasteiger partial charge in [0, 0.05) is 18.2 Å². The number of carbonyl (C=O) groups is 2. The summed E-state index contributed by atoms with van der Waals surface area (Å²) in [5, 5.41) is 2.99. The zero-order chi connectivity index (χ0) is 20.8. The number of likely N-dealkylation sites (tertiary alicyclic amines) is 1. The zero-order valence-electron chi connectivity index (χ0n) is 17.4. The third kappa shape index (κ3) is 6.16. The number of primary amides is 1. The number of amides is 2. The van der Waals surface area contributed by atoms with Crippen LogP contribution in [0.3, 0.4) is 0 Å². The summed E-state index contributed by atoms with van der Waals surface area (Å²) >= 11 is 0. The average Bonchev–Trinajstić information content (AvgIpc) is 2.70. The molecule has 2 amide bonds. The first kappa shape index (κ1) is 21.1. The van der Waals surface area contributed by atoms with Crippen LogP contribution < -0.4 is 11.1 Å². The number of anilines is 1. The monoisotopic (exact) mass is 393 g/mol. The van der Waals surface area contributed by atoms with Crippen LogP contribution >= 0.6 is 0 Å². The van der Waals surface area contributed by atoms with Crippen LogP contribution in [-0.4, -0.2) is 36.3 Å². The lowest BCUT2D eigenvalue weighted by molar-refractivity contribution is -0.123. The fraction of sp³-hybridized carbons (Fsp3) is 0.417. The fourth-order valence-electron chi connectivity index (χ4n) is 3.85. The molecule has 0 aromatic heterocycles. The van der Waals surface area contributed by atoms with Crippen molar-refractivity contribution in [3.63, 3.8) is 0 Å². The van der Waals surface area contributed by atoms with E-state index < -0.39 is 0 Å². The third-order valence-corrected chi connectivity index (χ3v) is 5.80. The maximum absolute atomic E-state index is 12.4. The minimum absolute atomic E-state index is 0.00349. The summed E-state index contributed by atoms with van der Waals surface area (Å²) in [7, 11) is 0. The number of carbonyl (C=O) groups excluding carboxylic acids is 2. The number of nitrogens with two attached hydrogens (primary N) is 1. The van der Waals surface area contributed by atoms with Crippen LogP contribution in [0.5, 0.6) is 0 Å². The Labute approximate surface area is 173 Å². The molecule has 1 fully saturated rings. The van der Waals surface area contributed by atoms with Crippen LogP contribution in [0.25, 0.3) is 0 Å². The molecule has 0 spiro atoms. The van der Waals surface area contributed by atoms with E-state index in [9.17, 15) is 9.59 Å². The molecular formula is C24H31N3O2. The van der Waals surface area contributed by atoms with Gasteiger partial charge in [0.05, 0.1) is 6.42 Å². The molecule has 1 heterocycles. The molecule has 154 valence electrons. The standard InChI is InChI=1S/C24H31N3O2/c1-17-3-4-18(2)21(15-17)16-23(28)26-22-7-5-19(6-8-22)9-12-27-13-10-20(11-14-27)24(25)29/h3-8,15,20H,9-14,16H2,1-2H3,(H2,25,29)(H,26,28). The Hall–Kier alpha value is -2.66. The first-order valence-corrected chi connectivity index (χ1v) is 10.4. The number of hydrogen-bond donors (Lipinski definition) is 2. The molecule has 0 radical (unpaired) electrons. The first-order valence-electron chi connectivity index (χ1n) is 10.4. The van der Waals surface area contributed by atoms with E-state index in [1.54, 1.807) is 0 Å². The molecule has 29 heavy (non-hydrogen) atoms. The Morgan fingerprint density at radius 3 is 2.41 bits per heavy atom. The number of rotatable bonds is 7. The summed E-state index contributed by atoms with van der Waals surface area (Å²) in [4.78, 5) is 26.0. The summed E-state index contributed by atoms with van der Waals surface area (Å²) in [5.41, 5.74) is 10.8. The van der Waals surface area contributed by atoms with E-state index in [1.807, 2.05) is 26.0 Å². The Bertz CT molecular complexity index is 853. The summed E-state index contributed by atoms with van der Waals surface area (Å²) < 4.78 is 0. The Kier molecular flexibility index (Phi) is 7.04. The highest BCUT2D eigenvalue weighted by molar-refractivity contribution is 5.92. The molecular weight excluding hydrogens is 362 g/mol. The van der Waals surface area contributed by atoms with Crippen LogP contribution in [0, 0.1) is 19.8 Å². The smallest absolute Gasteiger partial charge is 0.228 e. The SMILES string of the molecule is Cc1ccc(C)c(CC(=O)Nc2ccc(CCN3CCC(C(N)=O)CC3)cc2)c1. The third-order valence-electron chi connectivity index (χ3n) is 5.80. The van der Waals surface area contributed by atoms with Gasteiger partial charge in [-0.25, -0.2) is 0 Å². The van der Waals surface area contributed by atoms with Gasteiger partial charge >= 0.3 is 0 Å². The van der Waals surface area contributed by atoms with Gasteiger partial charge in [0.1, 0.15) is 0 Å². The maximum atomic E-state index is 12.4. The van der Waals surface area contributed by atoms with Crippen molar-refractivity contribution in [3.8, 4) is 0 Å². The first-order chi connectivity index (χ1) is 13.9. The van der Waals surface area contributed by atoms with E-state index in [0.29, 0.717) is 6.42 Å². The van der Waals surface area contributed by atoms with Gasteiger partial charge in [-0.3, -0.25) is 9.59 Å². The van der Waals surface area contributed by atoms with Crippen molar-refractivity contribution in [2.24, 2.45) is 11.7 Å². The number of piperidine rings is 1. The van der Waals surface area contributed by atoms with Crippen LogP contribution in [0.15, 0.2) is 42.5 Å². The highest BCUT2D eigenvalue weighted by Crippen LogP contribution is 2.18. The Morgan fingerprint density at radius 2 is 1.76 bits per heavy atom. The van der Waals surface area contributed by atoms with Gasteiger partial charge < -0.3 is 16.0 Å². The van der Waals surface area contributed by atoms with E-state index in [0.717, 1.165) is 55.7 Å². The molecule has 1 aliphatic rings. The van der Waals surface area contributed by atoms with Gasteiger partial charge in [0.2, 0.25) is 11.8 Å². The van der Waals surface area contributed by atoms with E-state index in [2.05, 4.69) is 40.5 Å². The highest BCUT2D eigenvalue weighted by Gasteiger charge is 2.22. The maximum Gasteiger partial charge on any atom is 0.228 e. The largest absolute Gasteiger partial charge is 0.369 e. The fourth-order valence-corrected chi connectivity index (χ4v) is 3.85. The molecule has 5 heteroatoms. The van der Waals surface area contributed by atoms with Gasteiger partial charge in [-0.15, -0.1) is 0 Å². The number of nitrogens with one attached hydrogen (secondary N) is 1. The predicted molar refractivity (Wildman–Crippen MR) is 117 cm³/mol. The number of aryl methyl sites for hydroxylation is 2. The molecule has 3 N–H and O–H groups in total. The lowest BCUT2D eigenvalue weighted by atomic mass is 9.96. The molecule has 0 saturated carbocycles. The Balaban J connectivity index is 1.46. The van der Waals surface area contributed by atoms with Crippen molar-refractivity contribution < 1.29 is 9.59 Å². The van der Waals surface area contributed by atoms with Crippen molar-refractivity contribution in [1.82, 2.24) is 4.90 Å². The van der Waals surface area contributed by atoms with Gasteiger partial charge in [-0.1, -0.05) is 35.9 Å². The summed E-state index contributed by atoms with van der Waals surface area (Å²) in [6, 6.07) is 14.3. The van der Waals surface area contributed by atoms with Crippen molar-refractivity contribution in [3.05, 3.63) is 64.7 Å². The van der Waals surface area contributed by atoms with E-state index in [4.69, 9.17) is 5.73 Å². The van der Waals surface area contributed by atoms with E-state index in [1.165, 1.54) is 11.1 Å². The van der Waals surface area contributed by atoms with Gasteiger partial charge in [-0.2, -0.15) is 0 Å². The van der Waals surface area contributed by atoms with Crippen molar-refractivity contribution in [2.75, 3.05) is 25.0 Å². The quantitative estimate of drug-likeness (QED) is 0.758. The second kappa shape index (κ2) is 9.70. The van der Waals surface area contributed by atoms with Gasteiger partial charge in [-0.05, 0) is 75.0 Å². The van der Waals surface area contributed by atoms with E-state index in [-0.39, 0.29) is 17.7 Å². The topological polar surface area (TPSA) is 75.4 Å². The molecule has 1 saturated heterocycles. The zero-order valence-corrected chi connectivity index (χ0v) is 17.4. The average molecular weight is 394 g/mol. The molecule has 3 rings (SSSR count). The second-order valence-corrected chi connectivity index (χ2v) is 8.12. The lowest BCUT2D eigenvalue weighted by Gasteiger charge is -2.30. The van der Waals surface area contributed by atoms with Crippen LogP contribution in [-0.2, 0) is 22.4 Å². The molecule has 0 bridgehead atoms. The second-order valence-electron chi connectivity index (χ2n) is 8.12. The molecule has 2 aromatic rings. The van der Waals surface area contributed by atoms with Crippen LogP contribution in [0.2, 0.25) is 0 Å².